The fourth-order valence-corrected chi connectivity index (χ4v) is 2.41. The van der Waals surface area contributed by atoms with Crippen LogP contribution in [0.15, 0.2) is 60.7 Å². The molecule has 0 aliphatic heterocycles. The number of nitrogens with zero attached hydrogens (tertiary/aromatic N) is 2. The number of anilines is 1. The molecule has 0 aliphatic rings. The van der Waals surface area contributed by atoms with Gasteiger partial charge in [0.25, 0.3) is 0 Å². The summed E-state index contributed by atoms with van der Waals surface area (Å²) in [5.41, 5.74) is 1.41. The lowest BCUT2D eigenvalue weighted by molar-refractivity contribution is -0.144. The van der Waals surface area contributed by atoms with Gasteiger partial charge in [0.05, 0.1) is 5.92 Å². The van der Waals surface area contributed by atoms with Crippen LogP contribution in [-0.2, 0) is 11.0 Å². The molecule has 0 bridgehead atoms. The van der Waals surface area contributed by atoms with E-state index in [2.05, 4.69) is 15.4 Å². The van der Waals surface area contributed by atoms with E-state index in [0.29, 0.717) is 11.1 Å². The molecule has 1 amide bonds. The molecular formula is C17H13F3N4O. The van der Waals surface area contributed by atoms with Crippen molar-refractivity contribution in [1.29, 1.82) is 0 Å². The molecule has 0 fully saturated rings. The zero-order valence-corrected chi connectivity index (χ0v) is 12.8. The lowest BCUT2D eigenvalue weighted by Crippen LogP contribution is -2.23. The van der Waals surface area contributed by atoms with Crippen LogP contribution >= 0.6 is 0 Å². The summed E-state index contributed by atoms with van der Waals surface area (Å²) in [7, 11) is 0. The van der Waals surface area contributed by atoms with Crippen LogP contribution in [-0.4, -0.2) is 21.1 Å². The Hall–Kier alpha value is -3.16. The number of aromatic amines is 1. The Morgan fingerprint density at radius 1 is 0.960 bits per heavy atom. The van der Waals surface area contributed by atoms with Crippen molar-refractivity contribution in [2.45, 2.75) is 12.1 Å². The second-order valence-electron chi connectivity index (χ2n) is 5.25. The number of hydrogen-bond donors (Lipinski definition) is 2. The number of halogens is 3. The van der Waals surface area contributed by atoms with Gasteiger partial charge in [0, 0.05) is 0 Å². The summed E-state index contributed by atoms with van der Waals surface area (Å²) in [6, 6.07) is 17.9. The van der Waals surface area contributed by atoms with E-state index in [0.717, 1.165) is 0 Å². The van der Waals surface area contributed by atoms with Crippen LogP contribution in [0.3, 0.4) is 0 Å². The first-order valence-electron chi connectivity index (χ1n) is 7.35. The maximum atomic E-state index is 12.7. The number of amides is 1. The highest BCUT2D eigenvalue weighted by Gasteiger charge is 2.35. The summed E-state index contributed by atoms with van der Waals surface area (Å²) in [6.07, 6.45) is -4.66. The third-order valence-corrected chi connectivity index (χ3v) is 3.52. The number of aromatic nitrogens is 3. The van der Waals surface area contributed by atoms with Crippen molar-refractivity contribution in [1.82, 2.24) is 15.2 Å². The molecular weight excluding hydrogens is 333 g/mol. The third kappa shape index (κ3) is 3.85. The Kier molecular flexibility index (Phi) is 4.51. The van der Waals surface area contributed by atoms with Gasteiger partial charge in [-0.15, -0.1) is 5.10 Å². The zero-order chi connectivity index (χ0) is 17.9. The van der Waals surface area contributed by atoms with Crippen molar-refractivity contribution in [3.05, 3.63) is 77.6 Å². The van der Waals surface area contributed by atoms with Gasteiger partial charge in [-0.05, 0) is 11.1 Å². The van der Waals surface area contributed by atoms with E-state index in [1.807, 2.05) is 12.1 Å². The molecule has 0 saturated carbocycles. The van der Waals surface area contributed by atoms with Crippen LogP contribution in [0.5, 0.6) is 0 Å². The van der Waals surface area contributed by atoms with Crippen LogP contribution in [0.4, 0.5) is 19.1 Å². The quantitative estimate of drug-likeness (QED) is 0.758. The van der Waals surface area contributed by atoms with E-state index >= 15 is 0 Å². The number of hydrogen-bond acceptors (Lipinski definition) is 3. The standard InChI is InChI=1S/C17H13F3N4O/c18-17(19,20)15-22-16(24-23-15)21-14(25)13(11-7-3-1-4-8-11)12-9-5-2-6-10-12/h1-10,13H,(H2,21,22,23,24,25). The maximum Gasteiger partial charge on any atom is 0.451 e. The van der Waals surface area contributed by atoms with E-state index in [9.17, 15) is 18.0 Å². The number of carbonyl (C=O) groups is 1. The van der Waals surface area contributed by atoms with Gasteiger partial charge in [-0.3, -0.25) is 15.2 Å². The van der Waals surface area contributed by atoms with Crippen molar-refractivity contribution in [2.75, 3.05) is 5.32 Å². The molecule has 2 aromatic carbocycles. The third-order valence-electron chi connectivity index (χ3n) is 3.52. The molecule has 0 saturated heterocycles. The van der Waals surface area contributed by atoms with Gasteiger partial charge in [-0.2, -0.15) is 18.2 Å². The Morgan fingerprint density at radius 2 is 1.48 bits per heavy atom. The number of rotatable bonds is 4. The first kappa shape index (κ1) is 16.7. The average molecular weight is 346 g/mol. The molecule has 1 heterocycles. The number of benzene rings is 2. The van der Waals surface area contributed by atoms with Crippen molar-refractivity contribution in [3.8, 4) is 0 Å². The van der Waals surface area contributed by atoms with E-state index < -0.39 is 29.8 Å². The van der Waals surface area contributed by atoms with Crippen LogP contribution in [0.25, 0.3) is 0 Å². The summed E-state index contributed by atoms with van der Waals surface area (Å²) < 4.78 is 37.7. The Balaban J connectivity index is 1.89. The lowest BCUT2D eigenvalue weighted by Gasteiger charge is -2.16. The van der Waals surface area contributed by atoms with Crippen molar-refractivity contribution < 1.29 is 18.0 Å². The van der Waals surface area contributed by atoms with E-state index in [1.54, 1.807) is 53.6 Å². The molecule has 2 N–H and O–H groups in total. The molecule has 1 aromatic heterocycles. The molecule has 0 spiro atoms. The number of nitrogens with one attached hydrogen (secondary N) is 2. The van der Waals surface area contributed by atoms with E-state index in [4.69, 9.17) is 0 Å². The van der Waals surface area contributed by atoms with Gasteiger partial charge in [0.1, 0.15) is 0 Å². The molecule has 8 heteroatoms. The summed E-state index contributed by atoms with van der Waals surface area (Å²) >= 11 is 0. The lowest BCUT2D eigenvalue weighted by atomic mass is 9.90. The topological polar surface area (TPSA) is 70.7 Å². The van der Waals surface area contributed by atoms with Crippen molar-refractivity contribution in [2.24, 2.45) is 0 Å². The summed E-state index contributed by atoms with van der Waals surface area (Å²) in [5, 5.41) is 7.51. The van der Waals surface area contributed by atoms with Crippen LogP contribution in [0, 0.1) is 0 Å². The van der Waals surface area contributed by atoms with Crippen LogP contribution in [0.1, 0.15) is 22.9 Å². The summed E-state index contributed by atoms with van der Waals surface area (Å²) in [4.78, 5) is 16.0. The van der Waals surface area contributed by atoms with Crippen LogP contribution < -0.4 is 5.32 Å². The molecule has 0 aliphatic carbocycles. The van der Waals surface area contributed by atoms with Crippen molar-refractivity contribution >= 4 is 11.9 Å². The van der Waals surface area contributed by atoms with Gasteiger partial charge in [0.2, 0.25) is 17.7 Å². The molecule has 128 valence electrons. The number of carbonyl (C=O) groups excluding carboxylic acids is 1. The predicted octanol–water partition coefficient (Wildman–Crippen LogP) is 3.59. The zero-order valence-electron chi connectivity index (χ0n) is 12.8. The molecule has 0 radical (unpaired) electrons. The van der Waals surface area contributed by atoms with Crippen molar-refractivity contribution in [3.63, 3.8) is 0 Å². The molecule has 0 unspecified atom stereocenters. The minimum atomic E-state index is -4.66. The average Bonchev–Trinajstić information content (AvgIpc) is 3.06. The van der Waals surface area contributed by atoms with E-state index in [1.165, 1.54) is 0 Å². The van der Waals surface area contributed by atoms with Gasteiger partial charge in [-0.25, -0.2) is 0 Å². The minimum absolute atomic E-state index is 0.422. The Labute approximate surface area is 140 Å². The molecule has 0 atom stereocenters. The number of H-pyrrole nitrogens is 1. The first-order chi connectivity index (χ1) is 11.9. The number of alkyl halides is 3. The van der Waals surface area contributed by atoms with Crippen LogP contribution in [0.2, 0.25) is 0 Å². The highest BCUT2D eigenvalue weighted by molar-refractivity contribution is 5.96. The van der Waals surface area contributed by atoms with Gasteiger partial charge >= 0.3 is 6.18 Å². The Morgan fingerprint density at radius 3 is 1.92 bits per heavy atom. The highest BCUT2D eigenvalue weighted by Crippen LogP contribution is 2.28. The summed E-state index contributed by atoms with van der Waals surface area (Å²) in [5.74, 6) is -2.91. The first-order valence-corrected chi connectivity index (χ1v) is 7.35. The molecule has 25 heavy (non-hydrogen) atoms. The second kappa shape index (κ2) is 6.76. The molecule has 3 rings (SSSR count). The van der Waals surface area contributed by atoms with E-state index in [-0.39, 0.29) is 0 Å². The predicted molar refractivity (Wildman–Crippen MR) is 84.7 cm³/mol. The van der Waals surface area contributed by atoms with Gasteiger partial charge < -0.3 is 0 Å². The minimum Gasteiger partial charge on any atom is -0.292 e. The largest absolute Gasteiger partial charge is 0.451 e. The second-order valence-corrected chi connectivity index (χ2v) is 5.25. The molecule has 5 nitrogen and oxygen atoms in total. The SMILES string of the molecule is O=C(Nc1n[nH]c(C(F)(F)F)n1)C(c1ccccc1)c1ccccc1. The molecule has 3 aromatic rings. The maximum absolute atomic E-state index is 12.7. The Bertz CT molecular complexity index is 808. The fourth-order valence-electron chi connectivity index (χ4n) is 2.41. The smallest absolute Gasteiger partial charge is 0.292 e. The fraction of sp³-hybridized carbons (Fsp3) is 0.118. The highest BCUT2D eigenvalue weighted by atomic mass is 19.4. The van der Waals surface area contributed by atoms with Gasteiger partial charge in [-0.1, -0.05) is 60.7 Å². The monoisotopic (exact) mass is 346 g/mol. The normalized spacial score (nSPS) is 11.5. The van der Waals surface area contributed by atoms with Gasteiger partial charge in [0.15, 0.2) is 0 Å². The summed E-state index contributed by atoms with van der Waals surface area (Å²) in [6.45, 7) is 0.